The van der Waals surface area contributed by atoms with Gasteiger partial charge in [0.25, 0.3) is 0 Å². The first kappa shape index (κ1) is 18.4. The van der Waals surface area contributed by atoms with E-state index < -0.39 is 10.1 Å². The lowest BCUT2D eigenvalue weighted by Crippen LogP contribution is -2.26. The molecule has 1 fully saturated rings. The van der Waals surface area contributed by atoms with E-state index in [1.807, 2.05) is 11.4 Å². The lowest BCUT2D eigenvalue weighted by Gasteiger charge is -2.20. The summed E-state index contributed by atoms with van der Waals surface area (Å²) in [4.78, 5) is 10.4. The van der Waals surface area contributed by atoms with Crippen LogP contribution in [0.4, 0.5) is 0 Å². The number of nitrogens with zero attached hydrogens (tertiary/aromatic N) is 2. The fourth-order valence-electron chi connectivity index (χ4n) is 3.36. The first-order valence-corrected chi connectivity index (χ1v) is 11.6. The van der Waals surface area contributed by atoms with Crippen LogP contribution in [-0.2, 0) is 15.0 Å². The third-order valence-corrected chi connectivity index (χ3v) is 6.17. The predicted octanol–water partition coefficient (Wildman–Crippen LogP) is 2.81. The molecule has 4 rings (SSSR count). The summed E-state index contributed by atoms with van der Waals surface area (Å²) in [6, 6.07) is 6.97. The van der Waals surface area contributed by atoms with Crippen molar-refractivity contribution in [1.82, 2.24) is 10.3 Å². The third-order valence-electron chi connectivity index (χ3n) is 4.68. The summed E-state index contributed by atoms with van der Waals surface area (Å²) in [5.41, 5.74) is 2.29. The van der Waals surface area contributed by atoms with Gasteiger partial charge < -0.3 is 14.3 Å². The Bertz CT molecular complexity index is 949. The lowest BCUT2D eigenvalue weighted by atomic mass is 9.99. The maximum atomic E-state index is 11.5. The zero-order valence-electron chi connectivity index (χ0n) is 14.9. The van der Waals surface area contributed by atoms with Crippen molar-refractivity contribution in [2.45, 2.75) is 31.3 Å². The number of hydrogen-bond acceptors (Lipinski definition) is 8. The topological polar surface area (TPSA) is 89.9 Å². The highest BCUT2D eigenvalue weighted by Gasteiger charge is 2.29. The van der Waals surface area contributed by atoms with Crippen LogP contribution in [0, 0.1) is 0 Å². The predicted molar refractivity (Wildman–Crippen MR) is 104 cm³/mol. The van der Waals surface area contributed by atoms with E-state index in [0.29, 0.717) is 17.9 Å². The fraction of sp³-hybridized carbons (Fsp3) is 0.444. The Morgan fingerprint density at radius 1 is 1.26 bits per heavy atom. The van der Waals surface area contributed by atoms with Gasteiger partial charge in [0.05, 0.1) is 17.0 Å². The van der Waals surface area contributed by atoms with E-state index in [2.05, 4.69) is 10.5 Å². The third kappa shape index (κ3) is 4.31. The van der Waals surface area contributed by atoms with E-state index in [4.69, 9.17) is 14.0 Å². The molecule has 1 saturated heterocycles. The number of benzene rings is 1. The highest BCUT2D eigenvalue weighted by Crippen LogP contribution is 2.36. The largest absolute Gasteiger partial charge is 0.387 e. The van der Waals surface area contributed by atoms with E-state index in [-0.39, 0.29) is 11.9 Å². The highest BCUT2D eigenvalue weighted by atomic mass is 32.2. The summed E-state index contributed by atoms with van der Waals surface area (Å²) in [6.45, 7) is 2.06. The second-order valence-electron chi connectivity index (χ2n) is 6.76. The van der Waals surface area contributed by atoms with Gasteiger partial charge in [-0.2, -0.15) is 8.42 Å². The van der Waals surface area contributed by atoms with Crippen LogP contribution >= 0.6 is 11.3 Å². The van der Waals surface area contributed by atoms with Crippen LogP contribution in [0.5, 0.6) is 5.75 Å². The average Bonchev–Trinajstić information content (AvgIpc) is 3.31. The zero-order chi connectivity index (χ0) is 18.9. The highest BCUT2D eigenvalue weighted by molar-refractivity contribution is 7.86. The summed E-state index contributed by atoms with van der Waals surface area (Å²) in [5.74, 6) is 0.780. The van der Waals surface area contributed by atoms with Crippen LogP contribution in [0.15, 0.2) is 34.8 Å². The molecule has 7 nitrogen and oxygen atoms in total. The van der Waals surface area contributed by atoms with Crippen molar-refractivity contribution in [3.63, 3.8) is 0 Å². The molecule has 3 heterocycles. The Kier molecular flexibility index (Phi) is 5.16. The molecule has 0 aliphatic carbocycles. The Morgan fingerprint density at radius 3 is 2.81 bits per heavy atom. The average molecular weight is 408 g/mol. The van der Waals surface area contributed by atoms with E-state index in [1.165, 1.54) is 0 Å². The number of piperidine rings is 1. The maximum absolute atomic E-state index is 11.5. The number of para-hydroxylation sites is 1. The van der Waals surface area contributed by atoms with Gasteiger partial charge in [0.2, 0.25) is 0 Å². The van der Waals surface area contributed by atoms with Crippen LogP contribution in [0.2, 0.25) is 0 Å². The van der Waals surface area contributed by atoms with Crippen molar-refractivity contribution in [2.75, 3.05) is 19.3 Å². The number of hydrogen-bond donors (Lipinski definition) is 1. The zero-order valence-corrected chi connectivity index (χ0v) is 16.6. The molecule has 0 amide bonds. The first-order valence-electron chi connectivity index (χ1n) is 8.87. The molecule has 0 bridgehead atoms. The van der Waals surface area contributed by atoms with Crippen molar-refractivity contribution < 1.29 is 17.4 Å². The molecule has 0 spiro atoms. The fourth-order valence-corrected chi connectivity index (χ4v) is 4.84. The molecule has 0 saturated carbocycles. The van der Waals surface area contributed by atoms with Crippen LogP contribution < -0.4 is 9.50 Å². The lowest BCUT2D eigenvalue weighted by molar-refractivity contribution is 0.0845. The molecule has 1 aromatic heterocycles. The van der Waals surface area contributed by atoms with Gasteiger partial charge in [0, 0.05) is 23.3 Å². The van der Waals surface area contributed by atoms with Gasteiger partial charge >= 0.3 is 10.1 Å². The van der Waals surface area contributed by atoms with E-state index in [0.717, 1.165) is 48.6 Å². The maximum Gasteiger partial charge on any atom is 0.306 e. The quantitative estimate of drug-likeness (QED) is 0.767. The SMILES string of the molecule is CS(=O)(=O)Oc1ccccc1C1CC(c2csc(C3CCNCC3)n2)=NO1. The van der Waals surface area contributed by atoms with Gasteiger partial charge in [-0.25, -0.2) is 4.98 Å². The number of aromatic nitrogens is 1. The number of nitrogens with one attached hydrogen (secondary N) is 1. The normalized spacial score (nSPS) is 20.9. The van der Waals surface area contributed by atoms with Crippen molar-refractivity contribution in [3.05, 3.63) is 45.9 Å². The summed E-state index contributed by atoms with van der Waals surface area (Å²) in [6.07, 6.45) is 3.38. The molecule has 27 heavy (non-hydrogen) atoms. The van der Waals surface area contributed by atoms with Crippen molar-refractivity contribution in [1.29, 1.82) is 0 Å². The minimum atomic E-state index is -3.61. The summed E-state index contributed by atoms with van der Waals surface area (Å²) < 4.78 is 28.1. The molecular weight excluding hydrogens is 386 g/mol. The minimum absolute atomic E-state index is 0.273. The molecule has 0 radical (unpaired) electrons. The van der Waals surface area contributed by atoms with Crippen LogP contribution in [0.25, 0.3) is 0 Å². The van der Waals surface area contributed by atoms with Crippen molar-refractivity contribution >= 4 is 27.2 Å². The van der Waals surface area contributed by atoms with Gasteiger partial charge in [0.1, 0.15) is 11.5 Å². The molecular formula is C18H21N3O4S2. The van der Waals surface area contributed by atoms with Crippen LogP contribution in [-0.4, -0.2) is 38.5 Å². The van der Waals surface area contributed by atoms with Gasteiger partial charge in [-0.05, 0) is 32.0 Å². The van der Waals surface area contributed by atoms with Crippen LogP contribution in [0.3, 0.4) is 0 Å². The Labute approximate surface area is 162 Å². The summed E-state index contributed by atoms with van der Waals surface area (Å²) >= 11 is 1.67. The number of thiazole rings is 1. The summed E-state index contributed by atoms with van der Waals surface area (Å²) in [7, 11) is -3.61. The molecule has 2 aliphatic heterocycles. The Balaban J connectivity index is 1.49. The van der Waals surface area contributed by atoms with Gasteiger partial charge in [-0.1, -0.05) is 23.4 Å². The summed E-state index contributed by atoms with van der Waals surface area (Å²) in [5, 5.41) is 10.8. The smallest absolute Gasteiger partial charge is 0.306 e. The Morgan fingerprint density at radius 2 is 2.04 bits per heavy atom. The number of rotatable bonds is 5. The Hall–Kier alpha value is -1.97. The molecule has 2 aromatic rings. The monoisotopic (exact) mass is 407 g/mol. The minimum Gasteiger partial charge on any atom is -0.387 e. The van der Waals surface area contributed by atoms with Crippen molar-refractivity contribution in [2.24, 2.45) is 5.16 Å². The van der Waals surface area contributed by atoms with E-state index >= 15 is 0 Å². The number of oxime groups is 1. The second-order valence-corrected chi connectivity index (χ2v) is 9.22. The molecule has 1 atom stereocenters. The first-order chi connectivity index (χ1) is 13.0. The molecule has 144 valence electrons. The van der Waals surface area contributed by atoms with E-state index in [1.54, 1.807) is 29.5 Å². The molecule has 1 unspecified atom stereocenters. The van der Waals surface area contributed by atoms with Crippen LogP contribution in [0.1, 0.15) is 47.5 Å². The van der Waals surface area contributed by atoms with Gasteiger partial charge in [0.15, 0.2) is 6.10 Å². The van der Waals surface area contributed by atoms with E-state index in [9.17, 15) is 8.42 Å². The molecule has 9 heteroatoms. The van der Waals surface area contributed by atoms with Gasteiger partial charge in [-0.15, -0.1) is 11.3 Å². The van der Waals surface area contributed by atoms with Gasteiger partial charge in [-0.3, -0.25) is 0 Å². The molecule has 2 aliphatic rings. The standard InChI is InChI=1S/C18H21N3O4S2/c1-27(22,23)25-16-5-3-2-4-13(16)17-10-14(21-24-17)15-11-26-18(20-15)12-6-8-19-9-7-12/h2-5,11-12,17,19H,6-10H2,1H3. The molecule has 1 N–H and O–H groups in total. The second kappa shape index (κ2) is 7.57. The molecule has 1 aromatic carbocycles. The van der Waals surface area contributed by atoms with Crippen molar-refractivity contribution in [3.8, 4) is 5.75 Å².